The number of nitrogens with one attached hydrogen (secondary N) is 1. The Morgan fingerprint density at radius 3 is 2.41 bits per heavy atom. The Kier molecular flexibility index (Phi) is 7.55. The summed E-state index contributed by atoms with van der Waals surface area (Å²) < 4.78 is 16.1. The summed E-state index contributed by atoms with van der Waals surface area (Å²) in [4.78, 5) is 4.59. The lowest BCUT2D eigenvalue weighted by atomic mass is 10.1. The lowest BCUT2D eigenvalue weighted by Gasteiger charge is -2.36. The highest BCUT2D eigenvalue weighted by atomic mass is 19.1. The third kappa shape index (κ3) is 5.75. The van der Waals surface area contributed by atoms with E-state index >= 15 is 0 Å². The van der Waals surface area contributed by atoms with Crippen LogP contribution in [0.25, 0.3) is 5.69 Å². The summed E-state index contributed by atoms with van der Waals surface area (Å²) in [5.41, 5.74) is 4.17. The molecular formula is C26H34FN5. The minimum absolute atomic E-state index is 0.130. The van der Waals surface area contributed by atoms with Gasteiger partial charge in [0.15, 0.2) is 0 Å². The molecule has 5 nitrogen and oxygen atoms in total. The van der Waals surface area contributed by atoms with Crippen LogP contribution in [0.15, 0.2) is 60.7 Å². The topological polar surface area (TPSA) is 36.3 Å². The molecule has 1 aromatic heterocycles. The smallest absolute Gasteiger partial charge is 0.146 e. The predicted molar refractivity (Wildman–Crippen MR) is 129 cm³/mol. The van der Waals surface area contributed by atoms with Crippen molar-refractivity contribution in [2.24, 2.45) is 5.92 Å². The van der Waals surface area contributed by atoms with Crippen molar-refractivity contribution in [1.82, 2.24) is 20.0 Å². The first kappa shape index (κ1) is 22.5. The maximum absolute atomic E-state index is 14.0. The minimum Gasteiger partial charge on any atom is -0.367 e. The van der Waals surface area contributed by atoms with Crippen LogP contribution in [0.5, 0.6) is 0 Å². The van der Waals surface area contributed by atoms with Gasteiger partial charge in [0.1, 0.15) is 5.82 Å². The fourth-order valence-electron chi connectivity index (χ4n) is 4.29. The van der Waals surface area contributed by atoms with Crippen molar-refractivity contribution < 1.29 is 4.39 Å². The van der Waals surface area contributed by atoms with Crippen LogP contribution in [0.1, 0.15) is 25.2 Å². The number of rotatable bonds is 9. The molecular weight excluding hydrogens is 401 g/mol. The van der Waals surface area contributed by atoms with Gasteiger partial charge < -0.3 is 10.2 Å². The fraction of sp³-hybridized carbons (Fsp3) is 0.423. The van der Waals surface area contributed by atoms with Crippen LogP contribution in [-0.2, 0) is 13.0 Å². The zero-order valence-electron chi connectivity index (χ0n) is 19.2. The van der Waals surface area contributed by atoms with Gasteiger partial charge in [-0.05, 0) is 42.7 Å². The quantitative estimate of drug-likeness (QED) is 0.513. The van der Waals surface area contributed by atoms with E-state index in [4.69, 9.17) is 5.10 Å². The monoisotopic (exact) mass is 435 g/mol. The summed E-state index contributed by atoms with van der Waals surface area (Å²) in [6.45, 7) is 10.8. The van der Waals surface area contributed by atoms with E-state index in [0.29, 0.717) is 5.92 Å². The first-order valence-electron chi connectivity index (χ1n) is 11.7. The molecule has 4 rings (SSSR count). The highest BCUT2D eigenvalue weighted by Gasteiger charge is 2.19. The fourth-order valence-corrected chi connectivity index (χ4v) is 4.29. The molecule has 0 aliphatic carbocycles. The molecule has 1 saturated heterocycles. The Balaban J connectivity index is 1.25. The molecule has 0 radical (unpaired) electrons. The molecule has 2 aromatic carbocycles. The Morgan fingerprint density at radius 1 is 0.969 bits per heavy atom. The summed E-state index contributed by atoms with van der Waals surface area (Å²) in [5, 5.41) is 8.42. The highest BCUT2D eigenvalue weighted by molar-refractivity contribution is 5.48. The molecule has 6 heteroatoms. The molecule has 0 spiro atoms. The number of nitrogens with zero attached hydrogens (tertiary/aromatic N) is 4. The molecule has 3 aromatic rings. The molecule has 0 saturated carbocycles. The molecule has 1 N–H and O–H groups in total. The van der Waals surface area contributed by atoms with E-state index in [2.05, 4.69) is 64.0 Å². The second kappa shape index (κ2) is 10.7. The molecule has 1 fully saturated rings. The van der Waals surface area contributed by atoms with Crippen molar-refractivity contribution in [3.8, 4) is 5.69 Å². The van der Waals surface area contributed by atoms with E-state index in [0.717, 1.165) is 69.3 Å². The van der Waals surface area contributed by atoms with Crippen LogP contribution in [0, 0.1) is 11.7 Å². The zero-order chi connectivity index (χ0) is 22.3. The van der Waals surface area contributed by atoms with E-state index in [-0.39, 0.29) is 5.82 Å². The van der Waals surface area contributed by atoms with E-state index < -0.39 is 0 Å². The molecule has 0 bridgehead atoms. The number of halogens is 1. The van der Waals surface area contributed by atoms with Gasteiger partial charge in [-0.15, -0.1) is 0 Å². The molecule has 170 valence electrons. The third-order valence-corrected chi connectivity index (χ3v) is 5.93. The molecule has 1 aliphatic rings. The molecule has 0 unspecified atom stereocenters. The molecule has 0 atom stereocenters. The molecule has 0 amide bonds. The van der Waals surface area contributed by atoms with Gasteiger partial charge in [0.05, 0.1) is 17.1 Å². The van der Waals surface area contributed by atoms with Gasteiger partial charge in [-0.3, -0.25) is 4.90 Å². The lowest BCUT2D eigenvalue weighted by molar-refractivity contribution is 0.256. The first-order chi connectivity index (χ1) is 15.6. The van der Waals surface area contributed by atoms with E-state index in [1.54, 1.807) is 6.07 Å². The minimum atomic E-state index is -0.130. The van der Waals surface area contributed by atoms with Crippen LogP contribution in [0.2, 0.25) is 0 Å². The van der Waals surface area contributed by atoms with Gasteiger partial charge in [-0.2, -0.15) is 5.10 Å². The zero-order valence-corrected chi connectivity index (χ0v) is 19.2. The van der Waals surface area contributed by atoms with Crippen molar-refractivity contribution in [2.45, 2.75) is 26.8 Å². The predicted octanol–water partition coefficient (Wildman–Crippen LogP) is 4.12. The van der Waals surface area contributed by atoms with Gasteiger partial charge in [0.25, 0.3) is 0 Å². The maximum Gasteiger partial charge on any atom is 0.146 e. The summed E-state index contributed by atoms with van der Waals surface area (Å²) in [6, 6.07) is 19.6. The maximum atomic E-state index is 14.0. The SMILES string of the molecule is CC(C)Cc1cc(CNCCN2CCN(c3ccccc3F)CC2)nn1-c1ccccc1. The number of hydrogen-bond acceptors (Lipinski definition) is 4. The highest BCUT2D eigenvalue weighted by Crippen LogP contribution is 2.20. The number of piperazine rings is 1. The average molecular weight is 436 g/mol. The van der Waals surface area contributed by atoms with Crippen LogP contribution >= 0.6 is 0 Å². The average Bonchev–Trinajstić information content (AvgIpc) is 3.20. The standard InChI is InChI=1S/C26H34FN5/c1-21(2)18-24-19-22(29-32(24)23-8-4-3-5-9-23)20-28-12-13-30-14-16-31(17-15-30)26-11-7-6-10-25(26)27/h3-11,19,21,28H,12-18,20H2,1-2H3. The Labute approximate surface area is 190 Å². The van der Waals surface area contributed by atoms with Gasteiger partial charge in [0, 0.05) is 51.5 Å². The molecule has 32 heavy (non-hydrogen) atoms. The van der Waals surface area contributed by atoms with E-state index in [1.807, 2.05) is 18.2 Å². The number of aromatic nitrogens is 2. The van der Waals surface area contributed by atoms with Crippen molar-refractivity contribution >= 4 is 5.69 Å². The van der Waals surface area contributed by atoms with Crippen molar-refractivity contribution in [3.05, 3.63) is 77.9 Å². The Hall–Kier alpha value is -2.70. The molecule has 2 heterocycles. The van der Waals surface area contributed by atoms with Crippen molar-refractivity contribution in [3.63, 3.8) is 0 Å². The first-order valence-corrected chi connectivity index (χ1v) is 11.7. The van der Waals surface area contributed by atoms with Crippen LogP contribution in [0.4, 0.5) is 10.1 Å². The van der Waals surface area contributed by atoms with Gasteiger partial charge in [-0.25, -0.2) is 9.07 Å². The molecule has 1 aliphatic heterocycles. The van der Waals surface area contributed by atoms with Crippen LogP contribution in [0.3, 0.4) is 0 Å². The summed E-state index contributed by atoms with van der Waals surface area (Å²) >= 11 is 0. The summed E-state index contributed by atoms with van der Waals surface area (Å²) in [7, 11) is 0. The number of anilines is 1. The Morgan fingerprint density at radius 2 is 1.69 bits per heavy atom. The Bertz CT molecular complexity index is 977. The summed E-state index contributed by atoms with van der Waals surface area (Å²) in [5.74, 6) is 0.451. The second-order valence-electron chi connectivity index (χ2n) is 8.93. The van der Waals surface area contributed by atoms with Crippen LogP contribution in [-0.4, -0.2) is 53.9 Å². The van der Waals surface area contributed by atoms with Crippen molar-refractivity contribution in [1.29, 1.82) is 0 Å². The summed E-state index contributed by atoms with van der Waals surface area (Å²) in [6.07, 6.45) is 1.01. The van der Waals surface area contributed by atoms with Crippen molar-refractivity contribution in [2.75, 3.05) is 44.2 Å². The largest absolute Gasteiger partial charge is 0.367 e. The van der Waals surface area contributed by atoms with Gasteiger partial charge >= 0.3 is 0 Å². The number of benzene rings is 2. The number of hydrogen-bond donors (Lipinski definition) is 1. The van der Waals surface area contributed by atoms with E-state index in [1.165, 1.54) is 11.8 Å². The third-order valence-electron chi connectivity index (χ3n) is 5.93. The lowest BCUT2D eigenvalue weighted by Crippen LogP contribution is -2.48. The number of para-hydroxylation sites is 2. The normalized spacial score (nSPS) is 14.9. The second-order valence-corrected chi connectivity index (χ2v) is 8.93. The van der Waals surface area contributed by atoms with Gasteiger partial charge in [-0.1, -0.05) is 44.2 Å². The van der Waals surface area contributed by atoms with Crippen LogP contribution < -0.4 is 10.2 Å². The van der Waals surface area contributed by atoms with E-state index in [9.17, 15) is 4.39 Å². The van der Waals surface area contributed by atoms with Gasteiger partial charge in [0.2, 0.25) is 0 Å².